The molecule has 2 aromatic carbocycles. The van der Waals surface area contributed by atoms with Crippen molar-refractivity contribution < 1.29 is 17.7 Å². The molecular weight excluding hydrogens is 500 g/mol. The van der Waals surface area contributed by atoms with Crippen molar-refractivity contribution in [3.8, 4) is 11.4 Å². The Hall–Kier alpha value is -2.75. The number of carbonyl (C=O) groups excluding carboxylic acids is 1. The molecule has 8 nitrogen and oxygen atoms in total. The lowest BCUT2D eigenvalue weighted by Gasteiger charge is -2.33. The predicted octanol–water partition coefficient (Wildman–Crippen LogP) is 4.75. The Morgan fingerprint density at radius 3 is 2.44 bits per heavy atom. The normalized spacial score (nSPS) is 17.2. The number of benzene rings is 2. The van der Waals surface area contributed by atoms with Gasteiger partial charge in [0.05, 0.1) is 17.4 Å². The number of hydrogen-bond donors (Lipinski definition) is 0. The van der Waals surface area contributed by atoms with E-state index in [2.05, 4.69) is 30.9 Å². The van der Waals surface area contributed by atoms with Crippen LogP contribution in [0.25, 0.3) is 11.4 Å². The predicted molar refractivity (Wildman–Crippen MR) is 138 cm³/mol. The van der Waals surface area contributed by atoms with Crippen molar-refractivity contribution in [3.63, 3.8) is 0 Å². The van der Waals surface area contributed by atoms with Crippen molar-refractivity contribution in [1.82, 2.24) is 19.3 Å². The molecule has 36 heavy (non-hydrogen) atoms. The highest BCUT2D eigenvalue weighted by Crippen LogP contribution is 2.27. The molecule has 1 saturated heterocycles. The maximum Gasteiger partial charge on any atom is 0.246 e. The molecule has 192 valence electrons. The smallest absolute Gasteiger partial charge is 0.246 e. The van der Waals surface area contributed by atoms with Gasteiger partial charge in [-0.3, -0.25) is 4.79 Å². The average Bonchev–Trinajstić information content (AvgIpc) is 3.32. The summed E-state index contributed by atoms with van der Waals surface area (Å²) in [6.45, 7) is 7.11. The topological polar surface area (TPSA) is 96.6 Å². The second kappa shape index (κ2) is 10.3. The van der Waals surface area contributed by atoms with E-state index in [9.17, 15) is 13.2 Å². The Bertz CT molecular complexity index is 1320. The lowest BCUT2D eigenvalue weighted by molar-refractivity contribution is -0.136. The molecule has 1 fully saturated rings. The summed E-state index contributed by atoms with van der Waals surface area (Å²) in [4.78, 5) is 19.3. The third-order valence-electron chi connectivity index (χ3n) is 6.41. The standard InChI is InChI=1S/C26H31ClN4O4S/c1-26(2,3)20-9-7-18(8-10-20)24-28-23(35-29-24)17-30(4)25(32)19-6-5-15-31(16-19)36(33,34)22-13-11-21(27)12-14-22/h7-14,19H,5-6,15-17H2,1-4H3. The van der Waals surface area contributed by atoms with Crippen LogP contribution in [0.15, 0.2) is 57.9 Å². The third-order valence-corrected chi connectivity index (χ3v) is 8.54. The molecule has 0 N–H and O–H groups in total. The monoisotopic (exact) mass is 530 g/mol. The van der Waals surface area contributed by atoms with Crippen LogP contribution in [0, 0.1) is 5.92 Å². The fourth-order valence-electron chi connectivity index (χ4n) is 4.27. The van der Waals surface area contributed by atoms with Crippen LogP contribution in [-0.4, -0.2) is 53.8 Å². The molecule has 2 heterocycles. The van der Waals surface area contributed by atoms with E-state index in [0.717, 1.165) is 5.56 Å². The zero-order valence-electron chi connectivity index (χ0n) is 20.9. The number of nitrogens with zero attached hydrogens (tertiary/aromatic N) is 4. The van der Waals surface area contributed by atoms with E-state index >= 15 is 0 Å². The molecule has 1 amide bonds. The van der Waals surface area contributed by atoms with E-state index in [1.165, 1.54) is 26.9 Å². The lowest BCUT2D eigenvalue weighted by atomic mass is 9.87. The van der Waals surface area contributed by atoms with Crippen molar-refractivity contribution in [2.45, 2.75) is 50.5 Å². The molecule has 1 aliphatic heterocycles. The van der Waals surface area contributed by atoms with Gasteiger partial charge in [0.2, 0.25) is 27.6 Å². The van der Waals surface area contributed by atoms with Gasteiger partial charge < -0.3 is 9.42 Å². The molecule has 1 aromatic heterocycles. The summed E-state index contributed by atoms with van der Waals surface area (Å²) in [5.74, 6) is 0.185. The maximum atomic E-state index is 13.2. The summed E-state index contributed by atoms with van der Waals surface area (Å²) in [5.41, 5.74) is 2.09. The van der Waals surface area contributed by atoms with Gasteiger partial charge in [-0.2, -0.15) is 9.29 Å². The van der Waals surface area contributed by atoms with Crippen LogP contribution in [0.1, 0.15) is 45.1 Å². The van der Waals surface area contributed by atoms with E-state index in [0.29, 0.717) is 36.1 Å². The van der Waals surface area contributed by atoms with Gasteiger partial charge in [-0.15, -0.1) is 0 Å². The Morgan fingerprint density at radius 1 is 1.14 bits per heavy atom. The Labute approximate surface area is 217 Å². The first-order valence-electron chi connectivity index (χ1n) is 11.9. The molecule has 0 saturated carbocycles. The van der Waals surface area contributed by atoms with E-state index in [1.807, 2.05) is 24.3 Å². The summed E-state index contributed by atoms with van der Waals surface area (Å²) in [7, 11) is -2.04. The molecule has 1 aliphatic rings. The SMILES string of the molecule is CN(Cc1nc(-c2ccc(C(C)(C)C)cc2)no1)C(=O)C1CCCN(S(=O)(=O)c2ccc(Cl)cc2)C1. The quantitative estimate of drug-likeness (QED) is 0.456. The number of rotatable bonds is 6. The van der Waals surface area contributed by atoms with Gasteiger partial charge in [-0.05, 0) is 48.1 Å². The fraction of sp³-hybridized carbons (Fsp3) is 0.423. The van der Waals surface area contributed by atoms with Crippen molar-refractivity contribution in [2.24, 2.45) is 5.92 Å². The van der Waals surface area contributed by atoms with Crippen LogP contribution in [0.4, 0.5) is 0 Å². The molecular formula is C26H31ClN4O4S. The van der Waals surface area contributed by atoms with Crippen molar-refractivity contribution >= 4 is 27.5 Å². The first-order valence-corrected chi connectivity index (χ1v) is 13.7. The highest BCUT2D eigenvalue weighted by Gasteiger charge is 2.34. The number of aromatic nitrogens is 2. The third kappa shape index (κ3) is 5.79. The molecule has 0 aliphatic carbocycles. The molecule has 4 rings (SSSR count). The maximum absolute atomic E-state index is 13.2. The first kappa shape index (κ1) is 26.3. The molecule has 10 heteroatoms. The summed E-state index contributed by atoms with van der Waals surface area (Å²) in [6, 6.07) is 14.1. The molecule has 0 radical (unpaired) electrons. The molecule has 0 bridgehead atoms. The minimum absolute atomic E-state index is 0.0485. The summed E-state index contributed by atoms with van der Waals surface area (Å²) < 4.78 is 32.9. The van der Waals surface area contributed by atoms with Gasteiger partial charge in [0, 0.05) is 30.7 Å². The summed E-state index contributed by atoms with van der Waals surface area (Å²) >= 11 is 5.90. The van der Waals surface area contributed by atoms with Crippen molar-refractivity contribution in [1.29, 1.82) is 0 Å². The van der Waals surface area contributed by atoms with Crippen LogP contribution < -0.4 is 0 Å². The van der Waals surface area contributed by atoms with Gasteiger partial charge in [-0.1, -0.05) is 61.8 Å². The van der Waals surface area contributed by atoms with E-state index < -0.39 is 15.9 Å². The van der Waals surface area contributed by atoms with Gasteiger partial charge in [-0.25, -0.2) is 8.42 Å². The van der Waals surface area contributed by atoms with Crippen molar-refractivity contribution in [3.05, 3.63) is 65.0 Å². The van der Waals surface area contributed by atoms with E-state index in [4.69, 9.17) is 16.1 Å². The van der Waals surface area contributed by atoms with Gasteiger partial charge in [0.25, 0.3) is 0 Å². The highest BCUT2D eigenvalue weighted by molar-refractivity contribution is 7.89. The lowest BCUT2D eigenvalue weighted by Crippen LogP contribution is -2.45. The summed E-state index contributed by atoms with van der Waals surface area (Å²) in [5, 5.41) is 4.53. The molecule has 1 atom stereocenters. The minimum atomic E-state index is -3.71. The van der Waals surface area contributed by atoms with Gasteiger partial charge >= 0.3 is 0 Å². The second-order valence-electron chi connectivity index (χ2n) is 10.2. The van der Waals surface area contributed by atoms with E-state index in [-0.39, 0.29) is 29.3 Å². The molecule has 3 aromatic rings. The number of hydrogen-bond acceptors (Lipinski definition) is 6. The summed E-state index contributed by atoms with van der Waals surface area (Å²) in [6.07, 6.45) is 1.22. The zero-order chi connectivity index (χ0) is 26.1. The van der Waals surface area contributed by atoms with Crippen LogP contribution in [-0.2, 0) is 26.8 Å². The Kier molecular flexibility index (Phi) is 7.54. The number of halogens is 1. The van der Waals surface area contributed by atoms with E-state index in [1.54, 1.807) is 19.2 Å². The first-order chi connectivity index (χ1) is 16.9. The van der Waals surface area contributed by atoms with Crippen LogP contribution in [0.5, 0.6) is 0 Å². The minimum Gasteiger partial charge on any atom is -0.337 e. The van der Waals surface area contributed by atoms with Crippen molar-refractivity contribution in [2.75, 3.05) is 20.1 Å². The number of carbonyl (C=O) groups is 1. The number of amides is 1. The zero-order valence-corrected chi connectivity index (χ0v) is 22.5. The number of sulfonamides is 1. The van der Waals surface area contributed by atoms with Crippen LogP contribution >= 0.6 is 11.6 Å². The highest BCUT2D eigenvalue weighted by atomic mass is 35.5. The molecule has 0 spiro atoms. The molecule has 1 unspecified atom stereocenters. The second-order valence-corrected chi connectivity index (χ2v) is 12.6. The van der Waals surface area contributed by atoms with Gasteiger partial charge in [0.15, 0.2) is 0 Å². The van der Waals surface area contributed by atoms with Gasteiger partial charge in [0.1, 0.15) is 0 Å². The Balaban J connectivity index is 1.40. The fourth-order valence-corrected chi connectivity index (χ4v) is 5.92. The van der Waals surface area contributed by atoms with Crippen LogP contribution in [0.3, 0.4) is 0 Å². The largest absolute Gasteiger partial charge is 0.337 e. The van der Waals surface area contributed by atoms with Crippen LogP contribution in [0.2, 0.25) is 5.02 Å². The Morgan fingerprint density at radius 2 is 1.81 bits per heavy atom. The number of piperidine rings is 1. The average molecular weight is 531 g/mol.